The van der Waals surface area contributed by atoms with Crippen LogP contribution in [-0.4, -0.2) is 67.9 Å². The molecule has 1 saturated carbocycles. The molecular weight excluding hydrogens is 372 g/mol. The maximum absolute atomic E-state index is 12.9. The largest absolute Gasteiger partial charge is 0.450 e. The normalized spacial score (nSPS) is 17.0. The molecular formula is C21H42N2O4Si. The molecule has 28 heavy (non-hydrogen) atoms. The summed E-state index contributed by atoms with van der Waals surface area (Å²) in [5.41, 5.74) is -0.536. The lowest BCUT2D eigenvalue weighted by atomic mass is 9.93. The van der Waals surface area contributed by atoms with Crippen LogP contribution < -0.4 is 0 Å². The lowest BCUT2D eigenvalue weighted by Gasteiger charge is -2.40. The number of likely N-dealkylation sites (N-methyl/N-ethyl adjacent to an activating group) is 1. The number of carbonyl (C=O) groups is 2. The van der Waals surface area contributed by atoms with E-state index in [0.717, 1.165) is 31.7 Å². The van der Waals surface area contributed by atoms with Crippen molar-refractivity contribution in [3.8, 4) is 0 Å². The van der Waals surface area contributed by atoms with Crippen LogP contribution >= 0.6 is 0 Å². The van der Waals surface area contributed by atoms with Gasteiger partial charge in [-0.15, -0.1) is 0 Å². The fourth-order valence-electron chi connectivity index (χ4n) is 3.48. The zero-order valence-electron chi connectivity index (χ0n) is 19.3. The summed E-state index contributed by atoms with van der Waals surface area (Å²) in [7, 11) is 0.503. The minimum atomic E-state index is -1.23. The van der Waals surface area contributed by atoms with Crippen molar-refractivity contribution >= 4 is 20.3 Å². The van der Waals surface area contributed by atoms with Gasteiger partial charge in [0.15, 0.2) is 0 Å². The average Bonchev–Trinajstić information content (AvgIpc) is 2.52. The Hall–Kier alpha value is -1.24. The lowest BCUT2D eigenvalue weighted by Crippen LogP contribution is -2.52. The minimum absolute atomic E-state index is 0.132. The molecule has 0 aliphatic heterocycles. The number of hydrogen-bond donors (Lipinski definition) is 0. The molecule has 1 atom stereocenters. The predicted octanol–water partition coefficient (Wildman–Crippen LogP) is 5.35. The van der Waals surface area contributed by atoms with Crippen molar-refractivity contribution in [3.05, 3.63) is 0 Å². The molecule has 0 aromatic heterocycles. The van der Waals surface area contributed by atoms with E-state index < -0.39 is 13.7 Å². The number of hydrogen-bond acceptors (Lipinski definition) is 4. The van der Waals surface area contributed by atoms with Crippen molar-refractivity contribution in [1.29, 1.82) is 0 Å². The molecule has 0 bridgehead atoms. The highest BCUT2D eigenvalue weighted by Gasteiger charge is 2.34. The molecule has 0 aromatic carbocycles. The predicted molar refractivity (Wildman–Crippen MR) is 117 cm³/mol. The van der Waals surface area contributed by atoms with Gasteiger partial charge in [-0.3, -0.25) is 0 Å². The fourth-order valence-corrected chi connectivity index (χ4v) is 4.19. The quantitative estimate of drug-likeness (QED) is 0.527. The van der Waals surface area contributed by atoms with Gasteiger partial charge in [-0.05, 0) is 46.6 Å². The molecule has 0 N–H and O–H groups in total. The molecule has 0 aromatic rings. The molecule has 1 aliphatic rings. The zero-order chi connectivity index (χ0) is 21.5. The summed E-state index contributed by atoms with van der Waals surface area (Å²) in [4.78, 5) is 28.7. The first-order valence-electron chi connectivity index (χ1n) is 10.7. The van der Waals surface area contributed by atoms with Crippen LogP contribution in [0.3, 0.4) is 0 Å². The topological polar surface area (TPSA) is 59.1 Å². The van der Waals surface area contributed by atoms with Gasteiger partial charge in [-0.25, -0.2) is 9.59 Å². The Morgan fingerprint density at radius 1 is 1.07 bits per heavy atom. The number of ether oxygens (including phenoxy) is 2. The molecule has 1 fully saturated rings. The number of amides is 2. The van der Waals surface area contributed by atoms with Crippen LogP contribution in [0.5, 0.6) is 0 Å². The molecule has 1 aliphatic carbocycles. The molecule has 0 heterocycles. The molecule has 1 rings (SSSR count). The molecule has 0 unspecified atom stereocenters. The van der Waals surface area contributed by atoms with Crippen molar-refractivity contribution in [2.45, 2.75) is 103 Å². The third kappa shape index (κ3) is 9.30. The number of nitrogens with zero attached hydrogens (tertiary/aromatic N) is 2. The van der Waals surface area contributed by atoms with Gasteiger partial charge in [0.2, 0.25) is 0 Å². The van der Waals surface area contributed by atoms with E-state index in [-0.39, 0.29) is 24.3 Å². The Balaban J connectivity index is 2.72. The van der Waals surface area contributed by atoms with Crippen LogP contribution in [0.15, 0.2) is 0 Å². The van der Waals surface area contributed by atoms with E-state index >= 15 is 0 Å². The molecule has 2 amide bonds. The monoisotopic (exact) mass is 414 g/mol. The molecule has 6 nitrogen and oxygen atoms in total. The highest BCUT2D eigenvalue weighted by Crippen LogP contribution is 2.26. The van der Waals surface area contributed by atoms with E-state index in [1.807, 2.05) is 32.6 Å². The summed E-state index contributed by atoms with van der Waals surface area (Å²) < 4.78 is 11.1. The van der Waals surface area contributed by atoms with E-state index in [4.69, 9.17) is 9.47 Å². The van der Waals surface area contributed by atoms with Gasteiger partial charge in [0.05, 0.1) is 12.6 Å². The maximum Gasteiger partial charge on any atom is 0.410 e. The molecule has 0 radical (unpaired) electrons. The summed E-state index contributed by atoms with van der Waals surface area (Å²) in [6, 6.07) is 0.997. The molecule has 0 saturated heterocycles. The van der Waals surface area contributed by atoms with Crippen molar-refractivity contribution in [2.75, 3.05) is 20.2 Å². The average molecular weight is 415 g/mol. The first-order valence-corrected chi connectivity index (χ1v) is 14.4. The highest BCUT2D eigenvalue weighted by atomic mass is 28.3. The zero-order valence-corrected chi connectivity index (χ0v) is 20.3. The first-order chi connectivity index (χ1) is 12.8. The second-order valence-electron chi connectivity index (χ2n) is 10.3. The standard InChI is InChI=1S/C21H42N2O4Si/c1-17(16-22(5)19(24)26-14-15-28(6,7)8)23(18-12-10-9-11-13-18)20(25)27-21(2,3)4/h17-18H,9-16H2,1-8H3/t17-/m0/s1. The second kappa shape index (κ2) is 10.5. The van der Waals surface area contributed by atoms with Crippen LogP contribution in [0.25, 0.3) is 0 Å². The maximum atomic E-state index is 12.9. The third-order valence-corrected chi connectivity index (χ3v) is 6.68. The van der Waals surface area contributed by atoms with Gasteiger partial charge in [0.25, 0.3) is 0 Å². The third-order valence-electron chi connectivity index (χ3n) is 4.97. The minimum Gasteiger partial charge on any atom is -0.450 e. The molecule has 7 heteroatoms. The van der Waals surface area contributed by atoms with Crippen LogP contribution in [0, 0.1) is 0 Å². The first kappa shape index (κ1) is 24.8. The number of rotatable bonds is 7. The van der Waals surface area contributed by atoms with Gasteiger partial charge < -0.3 is 19.3 Å². The second-order valence-corrected chi connectivity index (χ2v) is 16.0. The Morgan fingerprint density at radius 3 is 2.14 bits per heavy atom. The Kier molecular flexibility index (Phi) is 9.31. The summed E-state index contributed by atoms with van der Waals surface area (Å²) in [5, 5.41) is 0. The smallest absolute Gasteiger partial charge is 0.410 e. The van der Waals surface area contributed by atoms with E-state index in [2.05, 4.69) is 19.6 Å². The Bertz CT molecular complexity index is 508. The van der Waals surface area contributed by atoms with Crippen molar-refractivity contribution < 1.29 is 19.1 Å². The van der Waals surface area contributed by atoms with Crippen LogP contribution in [0.4, 0.5) is 9.59 Å². The van der Waals surface area contributed by atoms with Crippen LogP contribution in [0.1, 0.15) is 59.8 Å². The van der Waals surface area contributed by atoms with Crippen molar-refractivity contribution in [2.24, 2.45) is 0 Å². The van der Waals surface area contributed by atoms with E-state index in [9.17, 15) is 9.59 Å². The van der Waals surface area contributed by atoms with Crippen molar-refractivity contribution in [3.63, 3.8) is 0 Å². The summed E-state index contributed by atoms with van der Waals surface area (Å²) in [6.07, 6.45) is 4.86. The van der Waals surface area contributed by atoms with Gasteiger partial charge in [0, 0.05) is 27.7 Å². The summed E-state index contributed by atoms with van der Waals surface area (Å²) in [5.74, 6) is 0. The SMILES string of the molecule is C[C@@H](CN(C)C(=O)OCC[Si](C)(C)C)N(C(=O)OC(C)(C)C)C1CCCCC1. The summed E-state index contributed by atoms with van der Waals surface area (Å²) >= 11 is 0. The van der Waals surface area contributed by atoms with Gasteiger partial charge in [-0.1, -0.05) is 38.9 Å². The van der Waals surface area contributed by atoms with E-state index in [1.165, 1.54) is 6.42 Å². The fraction of sp³-hybridized carbons (Fsp3) is 0.905. The highest BCUT2D eigenvalue weighted by molar-refractivity contribution is 6.76. The van der Waals surface area contributed by atoms with Crippen LogP contribution in [-0.2, 0) is 9.47 Å². The Morgan fingerprint density at radius 2 is 1.64 bits per heavy atom. The van der Waals surface area contributed by atoms with Gasteiger partial charge in [-0.2, -0.15) is 0 Å². The van der Waals surface area contributed by atoms with Crippen molar-refractivity contribution in [1.82, 2.24) is 9.80 Å². The summed E-state index contributed by atoms with van der Waals surface area (Å²) in [6.45, 7) is 15.3. The number of carbonyl (C=O) groups excluding carboxylic acids is 2. The Labute approximate surface area is 172 Å². The lowest BCUT2D eigenvalue weighted by molar-refractivity contribution is -0.00167. The van der Waals surface area contributed by atoms with Gasteiger partial charge in [0.1, 0.15) is 5.60 Å². The van der Waals surface area contributed by atoms with Gasteiger partial charge >= 0.3 is 12.2 Å². The molecule has 0 spiro atoms. The van der Waals surface area contributed by atoms with Crippen LogP contribution in [0.2, 0.25) is 25.7 Å². The van der Waals surface area contributed by atoms with E-state index in [0.29, 0.717) is 13.2 Å². The molecule has 164 valence electrons. The van der Waals surface area contributed by atoms with E-state index in [1.54, 1.807) is 11.9 Å².